The Kier molecular flexibility index (Phi) is 4.75. The third-order valence-electron chi connectivity index (χ3n) is 2.73. The van der Waals surface area contributed by atoms with Gasteiger partial charge < -0.3 is 15.2 Å². The first-order valence-electron chi connectivity index (χ1n) is 5.59. The molecule has 4 heteroatoms. The number of nitrogens with one attached hydrogen (secondary N) is 1. The van der Waals surface area contributed by atoms with Crippen LogP contribution in [0.3, 0.4) is 0 Å². The van der Waals surface area contributed by atoms with Crippen LogP contribution in [-0.4, -0.2) is 30.3 Å². The van der Waals surface area contributed by atoms with Crippen molar-refractivity contribution in [2.24, 2.45) is 0 Å². The highest BCUT2D eigenvalue weighted by atomic mass is 16.5. The lowest BCUT2D eigenvalue weighted by Crippen LogP contribution is -2.44. The van der Waals surface area contributed by atoms with E-state index in [1.807, 2.05) is 0 Å². The monoisotopic (exact) mass is 247 g/mol. The molecule has 0 fully saturated rings. The summed E-state index contributed by atoms with van der Waals surface area (Å²) in [5.41, 5.74) is 0.314. The fourth-order valence-electron chi connectivity index (χ4n) is 1.53. The summed E-state index contributed by atoms with van der Waals surface area (Å²) in [6.07, 6.45) is 5.67. The molecule has 0 spiro atoms. The van der Waals surface area contributed by atoms with Gasteiger partial charge in [-0.1, -0.05) is 12.0 Å². The van der Waals surface area contributed by atoms with E-state index in [1.165, 1.54) is 0 Å². The quantitative estimate of drug-likeness (QED) is 0.754. The lowest BCUT2D eigenvalue weighted by molar-refractivity contribution is -0.142. The van der Waals surface area contributed by atoms with Crippen LogP contribution in [0.5, 0.6) is 0 Å². The van der Waals surface area contributed by atoms with E-state index in [0.717, 1.165) is 0 Å². The van der Waals surface area contributed by atoms with Gasteiger partial charge in [0.05, 0.1) is 0 Å². The molecule has 1 aromatic rings. The van der Waals surface area contributed by atoms with Gasteiger partial charge in [0.25, 0.3) is 0 Å². The summed E-state index contributed by atoms with van der Waals surface area (Å²) in [5.74, 6) is 1.59. The molecular formula is C14H17NO3. The number of terminal acetylenes is 1. The van der Waals surface area contributed by atoms with Crippen LogP contribution < -0.4 is 5.32 Å². The molecule has 0 bridgehead atoms. The van der Waals surface area contributed by atoms with E-state index < -0.39 is 11.5 Å². The number of methoxy groups -OCH3 is 1. The highest BCUT2D eigenvalue weighted by Crippen LogP contribution is 2.20. The molecule has 1 atom stereocenters. The molecule has 1 unspecified atom stereocenters. The summed E-state index contributed by atoms with van der Waals surface area (Å²) in [7, 11) is 1.54. The van der Waals surface area contributed by atoms with Crippen LogP contribution in [0.1, 0.15) is 18.9 Å². The average Bonchev–Trinajstić information content (AvgIpc) is 2.36. The lowest BCUT2D eigenvalue weighted by atomic mass is 9.97. The molecule has 1 aromatic carbocycles. The predicted octanol–water partition coefficient (Wildman–Crippen LogP) is 1.96. The molecule has 0 aliphatic rings. The smallest absolute Gasteiger partial charge is 0.329 e. The van der Waals surface area contributed by atoms with Gasteiger partial charge in [0.1, 0.15) is 5.54 Å². The van der Waals surface area contributed by atoms with Crippen LogP contribution >= 0.6 is 0 Å². The number of hydrogen-bond donors (Lipinski definition) is 2. The van der Waals surface area contributed by atoms with Crippen molar-refractivity contribution in [1.82, 2.24) is 0 Å². The van der Waals surface area contributed by atoms with E-state index in [4.69, 9.17) is 11.2 Å². The second kappa shape index (κ2) is 6.08. The Hall–Kier alpha value is -1.99. The molecule has 18 heavy (non-hydrogen) atoms. The maximum atomic E-state index is 11.3. The van der Waals surface area contributed by atoms with E-state index in [9.17, 15) is 9.90 Å². The number of aliphatic carboxylic acids is 1. The van der Waals surface area contributed by atoms with Crippen molar-refractivity contribution in [1.29, 1.82) is 0 Å². The van der Waals surface area contributed by atoms with E-state index >= 15 is 0 Å². The van der Waals surface area contributed by atoms with Gasteiger partial charge in [-0.3, -0.25) is 0 Å². The van der Waals surface area contributed by atoms with Crippen LogP contribution in [0.2, 0.25) is 0 Å². The normalized spacial score (nSPS) is 13.4. The van der Waals surface area contributed by atoms with Crippen molar-refractivity contribution in [3.05, 3.63) is 29.8 Å². The zero-order chi connectivity index (χ0) is 13.6. The number of carboxylic acid groups (broad SMARTS) is 1. The zero-order valence-electron chi connectivity index (χ0n) is 10.6. The van der Waals surface area contributed by atoms with Crippen molar-refractivity contribution >= 4 is 11.7 Å². The summed E-state index contributed by atoms with van der Waals surface area (Å²) in [6, 6.07) is 7.11. The molecule has 0 radical (unpaired) electrons. The van der Waals surface area contributed by atoms with Gasteiger partial charge >= 0.3 is 5.97 Å². The summed E-state index contributed by atoms with van der Waals surface area (Å²) in [5, 5.41) is 12.3. The number of benzene rings is 1. The predicted molar refractivity (Wildman–Crippen MR) is 70.5 cm³/mol. The van der Waals surface area contributed by atoms with E-state index in [-0.39, 0.29) is 0 Å². The summed E-state index contributed by atoms with van der Waals surface area (Å²) < 4.78 is 4.93. The fraction of sp³-hybridized carbons (Fsp3) is 0.357. The Morgan fingerprint density at radius 2 is 2.33 bits per heavy atom. The van der Waals surface area contributed by atoms with Gasteiger partial charge in [-0.2, -0.15) is 0 Å². The van der Waals surface area contributed by atoms with Crippen molar-refractivity contribution < 1.29 is 14.6 Å². The van der Waals surface area contributed by atoms with Gasteiger partial charge in [-0.15, -0.1) is 6.42 Å². The van der Waals surface area contributed by atoms with Crippen LogP contribution in [-0.2, 0) is 9.53 Å². The van der Waals surface area contributed by atoms with Gasteiger partial charge in [0.2, 0.25) is 0 Å². The Morgan fingerprint density at radius 3 is 2.89 bits per heavy atom. The second-order valence-corrected chi connectivity index (χ2v) is 4.23. The molecule has 0 heterocycles. The Labute approximate surface area is 107 Å². The summed E-state index contributed by atoms with van der Waals surface area (Å²) >= 11 is 0. The molecule has 0 aliphatic carbocycles. The third kappa shape index (κ3) is 3.51. The van der Waals surface area contributed by atoms with E-state index in [1.54, 1.807) is 38.3 Å². The van der Waals surface area contributed by atoms with Crippen LogP contribution in [0, 0.1) is 12.3 Å². The number of carbonyl (C=O) groups is 1. The van der Waals surface area contributed by atoms with E-state index in [2.05, 4.69) is 11.2 Å². The molecule has 0 aliphatic heterocycles. The zero-order valence-corrected chi connectivity index (χ0v) is 10.6. The first kappa shape index (κ1) is 14.1. The third-order valence-corrected chi connectivity index (χ3v) is 2.73. The highest BCUT2D eigenvalue weighted by Gasteiger charge is 2.32. The second-order valence-electron chi connectivity index (χ2n) is 4.23. The van der Waals surface area contributed by atoms with Crippen molar-refractivity contribution in [3.63, 3.8) is 0 Å². The number of anilines is 1. The van der Waals surface area contributed by atoms with Gasteiger partial charge in [-0.05, 0) is 25.1 Å². The Balaban J connectivity index is 2.89. The number of ether oxygens (including phenoxy) is 1. The summed E-state index contributed by atoms with van der Waals surface area (Å²) in [4.78, 5) is 11.3. The molecule has 0 saturated carbocycles. The van der Waals surface area contributed by atoms with Crippen LogP contribution in [0.15, 0.2) is 24.3 Å². The van der Waals surface area contributed by atoms with Gasteiger partial charge in [-0.25, -0.2) is 4.79 Å². The largest absolute Gasteiger partial charge is 0.480 e. The number of carboxylic acids is 1. The maximum absolute atomic E-state index is 11.3. The summed E-state index contributed by atoms with van der Waals surface area (Å²) in [6.45, 7) is 1.99. The number of rotatable bonds is 6. The molecule has 4 nitrogen and oxygen atoms in total. The first-order valence-corrected chi connectivity index (χ1v) is 5.59. The molecule has 0 amide bonds. The van der Waals surface area contributed by atoms with Crippen molar-refractivity contribution in [2.45, 2.75) is 18.9 Å². The van der Waals surface area contributed by atoms with Crippen LogP contribution in [0.25, 0.3) is 0 Å². The lowest BCUT2D eigenvalue weighted by Gasteiger charge is -2.27. The minimum atomic E-state index is -1.08. The standard InChI is InChI=1S/C14H17NO3/c1-4-11-6-5-7-12(10-11)15-14(2,13(16)17)8-9-18-3/h1,5-7,10,15H,8-9H2,2-3H3,(H,16,17). The molecule has 96 valence electrons. The fourth-order valence-corrected chi connectivity index (χ4v) is 1.53. The van der Waals surface area contributed by atoms with Crippen molar-refractivity contribution in [2.75, 3.05) is 19.0 Å². The topological polar surface area (TPSA) is 58.6 Å². The van der Waals surface area contributed by atoms with Crippen molar-refractivity contribution in [3.8, 4) is 12.3 Å². The minimum Gasteiger partial charge on any atom is -0.480 e. The molecule has 0 aromatic heterocycles. The Bertz CT molecular complexity index is 464. The molecular weight excluding hydrogens is 230 g/mol. The van der Waals surface area contributed by atoms with Gasteiger partial charge in [0.15, 0.2) is 0 Å². The molecule has 0 saturated heterocycles. The maximum Gasteiger partial charge on any atom is 0.329 e. The number of hydrogen-bond acceptors (Lipinski definition) is 3. The highest BCUT2D eigenvalue weighted by molar-refractivity contribution is 5.82. The first-order chi connectivity index (χ1) is 8.51. The Morgan fingerprint density at radius 1 is 1.61 bits per heavy atom. The molecule has 2 N–H and O–H groups in total. The van der Waals surface area contributed by atoms with Crippen LogP contribution in [0.4, 0.5) is 5.69 Å². The average molecular weight is 247 g/mol. The molecule has 1 rings (SSSR count). The van der Waals surface area contributed by atoms with Gasteiger partial charge in [0, 0.05) is 31.4 Å². The van der Waals surface area contributed by atoms with E-state index in [0.29, 0.717) is 24.3 Å². The minimum absolute atomic E-state index is 0.360. The SMILES string of the molecule is C#Cc1cccc(NC(C)(CCOC)C(=O)O)c1.